The molecule has 28 nitrogen and oxygen atoms in total. The highest BCUT2D eigenvalue weighted by Gasteiger charge is 2.59. The maximum absolute atomic E-state index is 12.0. The smallest absolute Gasteiger partial charge is 0.268 e. The third kappa shape index (κ3) is 9.38. The van der Waals surface area contributed by atoms with E-state index < -0.39 is 194 Å². The Morgan fingerprint density at radius 1 is 0.458 bits per heavy atom. The monoisotopic (exact) mass is 888 g/mol. The fraction of sp³-hybridized carbons (Fsp3) is 1.00. The average Bonchev–Trinajstić information content (AvgIpc) is 3.54. The summed E-state index contributed by atoms with van der Waals surface area (Å²) in [7, 11) is -5.03. The van der Waals surface area contributed by atoms with Crippen LogP contribution >= 0.6 is 7.82 Å². The highest BCUT2D eigenvalue weighted by atomic mass is 31.2. The van der Waals surface area contributed by atoms with E-state index in [-0.39, 0.29) is 0 Å². The molecule has 1 unspecified atom stereocenters. The molecular formula is C30H51NO27P-. The van der Waals surface area contributed by atoms with Crippen LogP contribution < -0.4 is 10.6 Å². The fourth-order valence-corrected chi connectivity index (χ4v) is 8.73. The molecule has 1 aliphatic carbocycles. The van der Waals surface area contributed by atoms with Crippen LogP contribution in [0, 0.1) is 0 Å². The second-order valence-corrected chi connectivity index (χ2v) is 16.2. The van der Waals surface area contributed by atoms with Crippen LogP contribution in [0.5, 0.6) is 0 Å². The van der Waals surface area contributed by atoms with Crippen molar-refractivity contribution in [3.05, 3.63) is 0 Å². The average molecular weight is 889 g/mol. The van der Waals surface area contributed by atoms with Gasteiger partial charge in [0.25, 0.3) is 7.82 Å². The maximum Gasteiger partial charge on any atom is 0.268 e. The first kappa shape index (κ1) is 47.6. The maximum atomic E-state index is 12.0. The van der Waals surface area contributed by atoms with Gasteiger partial charge in [-0.05, 0) is 0 Å². The molecule has 344 valence electrons. The molecule has 17 N–H and O–H groups in total. The number of aliphatic hydroxyl groups is 15. The minimum Gasteiger partial charge on any atom is -0.756 e. The van der Waals surface area contributed by atoms with Gasteiger partial charge in [0.2, 0.25) is 0 Å². The van der Waals surface area contributed by atoms with Crippen molar-refractivity contribution < 1.29 is 133 Å². The zero-order chi connectivity index (χ0) is 43.4. The summed E-state index contributed by atoms with van der Waals surface area (Å²) < 4.78 is 66.2. The molecule has 0 radical (unpaired) electrons. The molecule has 6 aliphatic rings. The van der Waals surface area contributed by atoms with Gasteiger partial charge in [-0.15, -0.1) is 0 Å². The molecule has 59 heavy (non-hydrogen) atoms. The van der Waals surface area contributed by atoms with Gasteiger partial charge in [-0.1, -0.05) is 0 Å². The van der Waals surface area contributed by atoms with Crippen molar-refractivity contribution >= 4 is 7.82 Å². The Balaban J connectivity index is 1.13. The third-order valence-electron chi connectivity index (χ3n) is 11.1. The molecule has 0 aromatic carbocycles. The number of hydrogen-bond acceptors (Lipinski definition) is 28. The van der Waals surface area contributed by atoms with E-state index in [0.29, 0.717) is 0 Å². The van der Waals surface area contributed by atoms with Crippen molar-refractivity contribution in [2.75, 3.05) is 26.4 Å². The third-order valence-corrected chi connectivity index (χ3v) is 12.1. The molecule has 6 rings (SSSR count). The summed E-state index contributed by atoms with van der Waals surface area (Å²) in [4.78, 5) is 12.0. The van der Waals surface area contributed by atoms with Crippen LogP contribution in [0.4, 0.5) is 0 Å². The molecule has 6 fully saturated rings. The first-order valence-corrected chi connectivity index (χ1v) is 19.8. The van der Waals surface area contributed by atoms with E-state index in [1.165, 1.54) is 0 Å². The lowest BCUT2D eigenvalue weighted by atomic mass is 9.84. The van der Waals surface area contributed by atoms with E-state index in [9.17, 15) is 86.1 Å². The Kier molecular flexibility index (Phi) is 15.4. The van der Waals surface area contributed by atoms with Crippen molar-refractivity contribution in [3.8, 4) is 0 Å². The second kappa shape index (κ2) is 19.1. The van der Waals surface area contributed by atoms with Gasteiger partial charge in [0, 0.05) is 0 Å². The Labute approximate surface area is 332 Å². The van der Waals surface area contributed by atoms with Gasteiger partial charge in [-0.25, -0.2) is 0 Å². The standard InChI is InChI=1S/C30H52NO27P/c31-9-13(38)22(7(3-34)52-27(9)55-23-18(43)16(41)19(44)24-26(23)58-59(47,48)57-24)54-29-21(46)15(40)12(37)8(53-29)4-49-30-25(17(42)11(36)6(2-33)51-30)56-28-20(45)14(39)10(35)5(1-32)50-28/h5-30,32-46H,1-4,31H2,(H,47,48)/p-1/t5-,6-,7-,8-,9-,10-,11-,12-,13-,14+,15+,16+,17+,18+,19-,20+,21+,22-,23-,24-,25+,26+,27-,28-,29-,30+/m1/s1. The predicted molar refractivity (Wildman–Crippen MR) is 174 cm³/mol. The Hall–Kier alpha value is -0.850. The van der Waals surface area contributed by atoms with Gasteiger partial charge in [0.05, 0.1) is 32.5 Å². The number of phosphoric acid groups is 1. The van der Waals surface area contributed by atoms with E-state index >= 15 is 0 Å². The molecule has 5 aliphatic heterocycles. The summed E-state index contributed by atoms with van der Waals surface area (Å²) in [6.07, 6.45) is -46.1. The highest BCUT2D eigenvalue weighted by Crippen LogP contribution is 2.53. The molecule has 27 atom stereocenters. The number of hydrogen-bond donors (Lipinski definition) is 16. The van der Waals surface area contributed by atoms with Gasteiger partial charge < -0.3 is 134 Å². The quantitative estimate of drug-likeness (QED) is 0.0809. The van der Waals surface area contributed by atoms with Crippen LogP contribution in [0.1, 0.15) is 0 Å². The minimum absolute atomic E-state index is 0.831. The van der Waals surface area contributed by atoms with Crippen LogP contribution in [0.25, 0.3) is 0 Å². The fourth-order valence-electron chi connectivity index (χ4n) is 7.60. The number of phosphoric ester groups is 1. The first-order chi connectivity index (χ1) is 27.7. The van der Waals surface area contributed by atoms with Crippen LogP contribution in [0.2, 0.25) is 0 Å². The Bertz CT molecular complexity index is 1420. The molecule has 1 saturated carbocycles. The van der Waals surface area contributed by atoms with Crippen LogP contribution in [-0.2, 0) is 51.5 Å². The summed E-state index contributed by atoms with van der Waals surface area (Å²) >= 11 is 0. The largest absolute Gasteiger partial charge is 0.756 e. The van der Waals surface area contributed by atoms with Gasteiger partial charge in [-0.2, -0.15) is 0 Å². The topological polar surface area (TPSA) is 462 Å². The summed E-state index contributed by atoms with van der Waals surface area (Å²) in [5.74, 6) is 0. The van der Waals surface area contributed by atoms with Gasteiger partial charge in [-0.3, -0.25) is 4.57 Å². The van der Waals surface area contributed by atoms with Crippen molar-refractivity contribution in [2.45, 2.75) is 159 Å². The van der Waals surface area contributed by atoms with Crippen molar-refractivity contribution in [1.82, 2.24) is 0 Å². The lowest BCUT2D eigenvalue weighted by molar-refractivity contribution is -0.377. The van der Waals surface area contributed by atoms with Crippen LogP contribution in [-0.4, -0.2) is 262 Å². The van der Waals surface area contributed by atoms with Crippen LogP contribution in [0.3, 0.4) is 0 Å². The van der Waals surface area contributed by atoms with E-state index in [2.05, 4.69) is 4.52 Å². The van der Waals surface area contributed by atoms with E-state index in [4.69, 9.17) is 48.2 Å². The predicted octanol–water partition coefficient (Wildman–Crippen LogP) is -12.0. The molecular weight excluding hydrogens is 837 g/mol. The summed E-state index contributed by atoms with van der Waals surface area (Å²) in [5.41, 5.74) is 6.15. The molecule has 0 aromatic rings. The summed E-state index contributed by atoms with van der Waals surface area (Å²) in [6.45, 7) is -3.52. The molecule has 5 saturated heterocycles. The van der Waals surface area contributed by atoms with Gasteiger partial charge >= 0.3 is 0 Å². The normalized spacial score (nSPS) is 55.8. The van der Waals surface area contributed by atoms with E-state index in [1.807, 2.05) is 0 Å². The zero-order valence-electron chi connectivity index (χ0n) is 30.5. The Morgan fingerprint density at radius 2 is 0.881 bits per heavy atom. The molecule has 0 amide bonds. The molecule has 0 spiro atoms. The molecule has 0 bridgehead atoms. The van der Waals surface area contributed by atoms with Crippen LogP contribution in [0.15, 0.2) is 0 Å². The van der Waals surface area contributed by atoms with Crippen molar-refractivity contribution in [2.24, 2.45) is 5.73 Å². The van der Waals surface area contributed by atoms with Gasteiger partial charge in [0.1, 0.15) is 128 Å². The Morgan fingerprint density at radius 3 is 1.46 bits per heavy atom. The minimum atomic E-state index is -5.03. The molecule has 0 aromatic heterocycles. The number of nitrogens with two attached hydrogens (primary N) is 1. The van der Waals surface area contributed by atoms with E-state index in [0.717, 1.165) is 0 Å². The number of fused-ring (bicyclic) bond motifs is 1. The number of aliphatic hydroxyl groups excluding tert-OH is 15. The highest BCUT2D eigenvalue weighted by molar-refractivity contribution is 7.46. The zero-order valence-corrected chi connectivity index (χ0v) is 31.4. The SMILES string of the molecule is N[C@H]1[C@@H](O[C@@H]2[C@@H](O)[C@H](O)[C@@H](O)[C@H]3OP(=O)([O-])O[C@H]32)O[C@H](CO)[C@@H](O[C@H]2O[C@H](CO[C@H]3O[C@H](CO)[C@@H](O)[C@H](O)[C@@H]3O[C@H]3O[C@H](CO)[C@@H](O)[C@H](O)[C@@H]3O)[C@@H](O)[C@H](O)[C@@H]2O)[C@@H]1O. The summed E-state index contributed by atoms with van der Waals surface area (Å²) in [5, 5.41) is 156. The van der Waals surface area contributed by atoms with Gasteiger partial charge in [0.15, 0.2) is 25.2 Å². The number of rotatable bonds is 12. The molecule has 29 heteroatoms. The lowest BCUT2D eigenvalue weighted by Gasteiger charge is -2.48. The van der Waals surface area contributed by atoms with E-state index in [1.54, 1.807) is 0 Å². The van der Waals surface area contributed by atoms with Crippen molar-refractivity contribution in [3.63, 3.8) is 0 Å². The number of ether oxygens (including phenoxy) is 8. The van der Waals surface area contributed by atoms with Crippen molar-refractivity contribution in [1.29, 1.82) is 0 Å². The molecule has 5 heterocycles. The second-order valence-electron chi connectivity index (χ2n) is 14.9. The lowest BCUT2D eigenvalue weighted by Crippen LogP contribution is -2.69. The first-order valence-electron chi connectivity index (χ1n) is 18.4. The summed E-state index contributed by atoms with van der Waals surface area (Å²) in [6, 6.07) is -1.68.